The third kappa shape index (κ3) is 2.48. The topological polar surface area (TPSA) is 56.0 Å². The summed E-state index contributed by atoms with van der Waals surface area (Å²) in [5.74, 6) is 0.475. The number of rotatable bonds is 3. The number of nitrogens with two attached hydrogens (primary N) is 1. The second-order valence-electron chi connectivity index (χ2n) is 3.44. The molecule has 1 heterocycles. The van der Waals surface area contributed by atoms with Gasteiger partial charge in [0.15, 0.2) is 0 Å². The van der Waals surface area contributed by atoms with Crippen LogP contribution in [0.15, 0.2) is 34.7 Å². The normalized spacial score (nSPS) is 12.6. The van der Waals surface area contributed by atoms with Crippen molar-refractivity contribution >= 4 is 27.8 Å². The smallest absolute Gasteiger partial charge is 0.105 e. The second kappa shape index (κ2) is 4.76. The molecule has 0 saturated carbocycles. The van der Waals surface area contributed by atoms with Crippen LogP contribution in [0.4, 0.5) is 5.69 Å². The van der Waals surface area contributed by atoms with Gasteiger partial charge < -0.3 is 5.73 Å². The molecule has 0 saturated heterocycles. The zero-order chi connectivity index (χ0) is 11.5. The fraction of sp³-hybridized carbons (Fsp3) is 0.182. The van der Waals surface area contributed by atoms with E-state index in [0.29, 0.717) is 11.4 Å². The summed E-state index contributed by atoms with van der Waals surface area (Å²) in [5, 5.41) is 2.79. The Morgan fingerprint density at radius 3 is 2.94 bits per heavy atom. The first kappa shape index (κ1) is 11.3. The summed E-state index contributed by atoms with van der Waals surface area (Å²) in [6.45, 7) is 1.92. The number of thiazole rings is 1. The number of hydrogen-bond acceptors (Lipinski definition) is 4. The highest BCUT2D eigenvalue weighted by Gasteiger charge is 2.09. The van der Waals surface area contributed by atoms with Crippen LogP contribution in [-0.2, 0) is 16.6 Å². The Bertz CT molecular complexity index is 509. The molecule has 0 aliphatic carbocycles. The predicted molar refractivity (Wildman–Crippen MR) is 67.8 cm³/mol. The summed E-state index contributed by atoms with van der Waals surface area (Å²) in [6.07, 6.45) is 1.73. The van der Waals surface area contributed by atoms with Crippen LogP contribution in [0.25, 0.3) is 0 Å². The molecule has 0 aliphatic heterocycles. The van der Waals surface area contributed by atoms with Crippen molar-refractivity contribution in [3.63, 3.8) is 0 Å². The van der Waals surface area contributed by atoms with E-state index in [-0.39, 0.29) is 0 Å². The molecular formula is C11H12N2OS2. The zero-order valence-corrected chi connectivity index (χ0v) is 10.5. The quantitative estimate of drug-likeness (QED) is 0.853. The zero-order valence-electron chi connectivity index (χ0n) is 8.84. The summed E-state index contributed by atoms with van der Waals surface area (Å²) >= 11 is 1.53. The molecule has 0 spiro atoms. The molecule has 84 valence electrons. The monoisotopic (exact) mass is 252 g/mol. The van der Waals surface area contributed by atoms with Crippen LogP contribution in [-0.4, -0.2) is 9.19 Å². The predicted octanol–water partition coefficient (Wildman–Crippen LogP) is 2.34. The SMILES string of the molecule is Cc1cc(N)ccc1S(=O)Cc1nccs1. The van der Waals surface area contributed by atoms with Gasteiger partial charge in [-0.05, 0) is 30.7 Å². The number of aryl methyl sites for hydroxylation is 1. The minimum absolute atomic E-state index is 0.475. The van der Waals surface area contributed by atoms with Gasteiger partial charge in [-0.3, -0.25) is 4.21 Å². The van der Waals surface area contributed by atoms with Crippen LogP contribution in [0.2, 0.25) is 0 Å². The van der Waals surface area contributed by atoms with Crippen LogP contribution in [0.5, 0.6) is 0 Å². The van der Waals surface area contributed by atoms with Gasteiger partial charge in [0.1, 0.15) is 5.01 Å². The van der Waals surface area contributed by atoms with Crippen molar-refractivity contribution in [2.24, 2.45) is 0 Å². The Labute approximate surface area is 101 Å². The lowest BCUT2D eigenvalue weighted by atomic mass is 10.2. The lowest BCUT2D eigenvalue weighted by Gasteiger charge is -2.05. The molecule has 0 fully saturated rings. The average molecular weight is 252 g/mol. The number of nitrogens with zero attached hydrogens (tertiary/aromatic N) is 1. The Kier molecular flexibility index (Phi) is 3.36. The van der Waals surface area contributed by atoms with Crippen molar-refractivity contribution in [3.05, 3.63) is 40.3 Å². The molecular weight excluding hydrogens is 240 g/mol. The number of hydrogen-bond donors (Lipinski definition) is 1. The van der Waals surface area contributed by atoms with Crippen LogP contribution < -0.4 is 5.73 Å². The minimum Gasteiger partial charge on any atom is -0.399 e. The van der Waals surface area contributed by atoms with E-state index in [1.807, 2.05) is 24.4 Å². The van der Waals surface area contributed by atoms with E-state index in [2.05, 4.69) is 4.98 Å². The lowest BCUT2D eigenvalue weighted by Crippen LogP contribution is -1.99. The summed E-state index contributed by atoms with van der Waals surface area (Å²) < 4.78 is 12.1. The minimum atomic E-state index is -1.04. The second-order valence-corrected chi connectivity index (χ2v) is 5.84. The highest BCUT2D eigenvalue weighted by molar-refractivity contribution is 7.84. The number of nitrogen functional groups attached to an aromatic ring is 1. The fourth-order valence-electron chi connectivity index (χ4n) is 1.44. The molecule has 5 heteroatoms. The maximum absolute atomic E-state index is 12.1. The molecule has 0 aliphatic rings. The van der Waals surface area contributed by atoms with Gasteiger partial charge in [0.25, 0.3) is 0 Å². The fourth-order valence-corrected chi connectivity index (χ4v) is 3.53. The maximum Gasteiger partial charge on any atom is 0.105 e. The Morgan fingerprint density at radius 2 is 2.31 bits per heavy atom. The van der Waals surface area contributed by atoms with Crippen molar-refractivity contribution in [2.75, 3.05) is 5.73 Å². The highest BCUT2D eigenvalue weighted by atomic mass is 32.2. The van der Waals surface area contributed by atoms with Gasteiger partial charge in [-0.25, -0.2) is 4.98 Å². The van der Waals surface area contributed by atoms with E-state index in [0.717, 1.165) is 15.5 Å². The molecule has 1 unspecified atom stereocenters. The largest absolute Gasteiger partial charge is 0.399 e. The molecule has 1 aromatic carbocycles. The van der Waals surface area contributed by atoms with E-state index in [9.17, 15) is 4.21 Å². The van der Waals surface area contributed by atoms with E-state index in [1.54, 1.807) is 12.3 Å². The maximum atomic E-state index is 12.1. The van der Waals surface area contributed by atoms with E-state index in [1.165, 1.54) is 11.3 Å². The van der Waals surface area contributed by atoms with Gasteiger partial charge in [0.2, 0.25) is 0 Å². The molecule has 2 rings (SSSR count). The van der Waals surface area contributed by atoms with Gasteiger partial charge in [0.05, 0.1) is 16.6 Å². The Morgan fingerprint density at radius 1 is 1.50 bits per heavy atom. The molecule has 1 aromatic heterocycles. The molecule has 3 nitrogen and oxygen atoms in total. The van der Waals surface area contributed by atoms with Crippen molar-refractivity contribution in [1.29, 1.82) is 0 Å². The Balaban J connectivity index is 2.21. The molecule has 16 heavy (non-hydrogen) atoms. The number of aromatic nitrogens is 1. The first-order valence-corrected chi connectivity index (χ1v) is 6.99. The molecule has 0 bridgehead atoms. The third-order valence-corrected chi connectivity index (χ3v) is 4.63. The molecule has 2 N–H and O–H groups in total. The van der Waals surface area contributed by atoms with Crippen LogP contribution >= 0.6 is 11.3 Å². The van der Waals surface area contributed by atoms with E-state index >= 15 is 0 Å². The summed E-state index contributed by atoms with van der Waals surface area (Å²) in [6, 6.07) is 5.45. The van der Waals surface area contributed by atoms with Crippen LogP contribution in [0.3, 0.4) is 0 Å². The third-order valence-electron chi connectivity index (χ3n) is 2.18. The molecule has 2 aromatic rings. The number of anilines is 1. The summed E-state index contributed by atoms with van der Waals surface area (Å²) in [7, 11) is -1.04. The van der Waals surface area contributed by atoms with Crippen molar-refractivity contribution < 1.29 is 4.21 Å². The first-order valence-electron chi connectivity index (χ1n) is 4.79. The van der Waals surface area contributed by atoms with Gasteiger partial charge in [-0.1, -0.05) is 0 Å². The Hall–Kier alpha value is -1.20. The van der Waals surface area contributed by atoms with Crippen LogP contribution in [0, 0.1) is 6.92 Å². The summed E-state index contributed by atoms with van der Waals surface area (Å²) in [4.78, 5) is 4.97. The van der Waals surface area contributed by atoms with Gasteiger partial charge in [-0.2, -0.15) is 0 Å². The first-order chi connectivity index (χ1) is 7.66. The summed E-state index contributed by atoms with van der Waals surface area (Å²) in [5.41, 5.74) is 7.32. The van der Waals surface area contributed by atoms with Gasteiger partial charge >= 0.3 is 0 Å². The number of benzene rings is 1. The van der Waals surface area contributed by atoms with E-state index in [4.69, 9.17) is 5.73 Å². The lowest BCUT2D eigenvalue weighted by molar-refractivity contribution is 0.682. The average Bonchev–Trinajstić information content (AvgIpc) is 2.70. The highest BCUT2D eigenvalue weighted by Crippen LogP contribution is 2.19. The standard InChI is InChI=1S/C11H12N2OS2/c1-8-6-9(12)2-3-10(8)16(14)7-11-13-4-5-15-11/h2-6H,7,12H2,1H3. The molecule has 0 amide bonds. The van der Waals surface area contributed by atoms with Gasteiger partial charge in [0, 0.05) is 22.2 Å². The van der Waals surface area contributed by atoms with Crippen molar-refractivity contribution in [3.8, 4) is 0 Å². The van der Waals surface area contributed by atoms with Crippen molar-refractivity contribution in [1.82, 2.24) is 4.98 Å². The van der Waals surface area contributed by atoms with Gasteiger partial charge in [-0.15, -0.1) is 11.3 Å². The van der Waals surface area contributed by atoms with Crippen molar-refractivity contribution in [2.45, 2.75) is 17.6 Å². The molecule has 1 atom stereocenters. The van der Waals surface area contributed by atoms with Crippen LogP contribution in [0.1, 0.15) is 10.6 Å². The molecule has 0 radical (unpaired) electrons. The van der Waals surface area contributed by atoms with E-state index < -0.39 is 10.8 Å².